The zero-order valence-corrected chi connectivity index (χ0v) is 22.9. The van der Waals surface area contributed by atoms with Gasteiger partial charge >= 0.3 is 0 Å². The minimum absolute atomic E-state index is 0.0648. The summed E-state index contributed by atoms with van der Waals surface area (Å²) in [5, 5.41) is 9.76. The van der Waals surface area contributed by atoms with Crippen molar-refractivity contribution in [1.82, 2.24) is 19.4 Å². The molecule has 6 nitrogen and oxygen atoms in total. The lowest BCUT2D eigenvalue weighted by Gasteiger charge is -2.55. The van der Waals surface area contributed by atoms with Gasteiger partial charge in [-0.1, -0.05) is 24.3 Å². The predicted molar refractivity (Wildman–Crippen MR) is 150 cm³/mol. The van der Waals surface area contributed by atoms with Crippen molar-refractivity contribution in [3.63, 3.8) is 0 Å². The van der Waals surface area contributed by atoms with Gasteiger partial charge in [0.05, 0.1) is 18.4 Å². The third-order valence-corrected chi connectivity index (χ3v) is 9.84. The first-order valence-corrected chi connectivity index (χ1v) is 14.6. The Balaban J connectivity index is 1.20. The molecule has 39 heavy (non-hydrogen) atoms. The molecule has 0 N–H and O–H groups in total. The largest absolute Gasteiger partial charge is 0.369 e. The molecule has 0 unspecified atom stereocenters. The van der Waals surface area contributed by atoms with Crippen LogP contribution in [0, 0.1) is 34.2 Å². The number of nitrogens with zero attached hydrogens (tertiary/aromatic N) is 6. The average molecular weight is 549 g/mol. The number of hydrogen-bond donors (Lipinski definition) is 0. The fourth-order valence-corrected chi connectivity index (χ4v) is 8.27. The Bertz CT molecular complexity index is 1380. The van der Waals surface area contributed by atoms with Crippen LogP contribution >= 0.6 is 12.2 Å². The Morgan fingerprint density at radius 1 is 0.872 bits per heavy atom. The summed E-state index contributed by atoms with van der Waals surface area (Å²) < 4.78 is 33.0. The van der Waals surface area contributed by atoms with Crippen molar-refractivity contribution in [3.05, 3.63) is 76.3 Å². The second-order valence-corrected chi connectivity index (χ2v) is 12.4. The molecule has 9 heteroatoms. The summed E-state index contributed by atoms with van der Waals surface area (Å²) in [5.41, 5.74) is 1.03. The highest BCUT2D eigenvalue weighted by Gasteiger charge is 2.54. The van der Waals surface area contributed by atoms with E-state index in [0.29, 0.717) is 11.4 Å². The molecule has 4 saturated carbocycles. The van der Waals surface area contributed by atoms with Gasteiger partial charge < -0.3 is 4.90 Å². The molecule has 5 aliphatic rings. The van der Waals surface area contributed by atoms with Crippen LogP contribution in [0.5, 0.6) is 0 Å². The van der Waals surface area contributed by atoms with Crippen molar-refractivity contribution in [2.75, 3.05) is 31.1 Å². The second kappa shape index (κ2) is 9.93. The maximum Gasteiger partial charge on any atom is 0.220 e. The van der Waals surface area contributed by atoms with Gasteiger partial charge in [-0.15, -0.1) is 0 Å². The van der Waals surface area contributed by atoms with Gasteiger partial charge in [0.2, 0.25) is 4.77 Å². The van der Waals surface area contributed by atoms with Crippen molar-refractivity contribution in [2.45, 2.75) is 50.6 Å². The fourth-order valence-electron chi connectivity index (χ4n) is 8.04. The minimum Gasteiger partial charge on any atom is -0.369 e. The van der Waals surface area contributed by atoms with E-state index >= 15 is 0 Å². The van der Waals surface area contributed by atoms with Crippen molar-refractivity contribution < 1.29 is 8.78 Å². The molecule has 1 aromatic heterocycles. The highest BCUT2D eigenvalue weighted by Crippen LogP contribution is 2.60. The highest BCUT2D eigenvalue weighted by atomic mass is 32.1. The monoisotopic (exact) mass is 548 g/mol. The van der Waals surface area contributed by atoms with Gasteiger partial charge in [-0.05, 0) is 92.8 Å². The molecular formula is C30H34F2N6S. The molecule has 204 valence electrons. The smallest absolute Gasteiger partial charge is 0.220 e. The predicted octanol–water partition coefficient (Wildman–Crippen LogP) is 5.82. The number of benzene rings is 2. The summed E-state index contributed by atoms with van der Waals surface area (Å²) in [7, 11) is 0. The lowest BCUT2D eigenvalue weighted by atomic mass is 9.49. The molecule has 2 heterocycles. The van der Waals surface area contributed by atoms with Gasteiger partial charge in [0, 0.05) is 37.3 Å². The van der Waals surface area contributed by atoms with Crippen molar-refractivity contribution in [1.29, 1.82) is 0 Å². The summed E-state index contributed by atoms with van der Waals surface area (Å²) in [5.74, 6) is 1.78. The van der Waals surface area contributed by atoms with Crippen LogP contribution < -0.4 is 4.90 Å². The number of halogens is 2. The van der Waals surface area contributed by atoms with E-state index in [2.05, 4.69) is 39.2 Å². The van der Waals surface area contributed by atoms with Gasteiger partial charge in [-0.2, -0.15) is 14.9 Å². The van der Waals surface area contributed by atoms with Gasteiger partial charge in [-0.25, -0.2) is 13.5 Å². The number of para-hydroxylation sites is 1. The third kappa shape index (κ3) is 4.63. The number of rotatable bonds is 6. The topological polar surface area (TPSA) is 41.6 Å². The maximum atomic E-state index is 14.4. The van der Waals surface area contributed by atoms with Crippen LogP contribution in [0.15, 0.2) is 53.6 Å². The van der Waals surface area contributed by atoms with E-state index in [9.17, 15) is 8.78 Å². The van der Waals surface area contributed by atoms with E-state index in [1.807, 2.05) is 10.7 Å². The van der Waals surface area contributed by atoms with Crippen LogP contribution in [0.3, 0.4) is 0 Å². The number of hydrogen-bond acceptors (Lipinski definition) is 5. The van der Waals surface area contributed by atoms with E-state index in [4.69, 9.17) is 17.3 Å². The molecule has 4 aliphatic carbocycles. The van der Waals surface area contributed by atoms with E-state index < -0.39 is 11.6 Å². The van der Waals surface area contributed by atoms with Gasteiger partial charge in [0.25, 0.3) is 0 Å². The zero-order valence-electron chi connectivity index (χ0n) is 22.1. The Kier molecular flexibility index (Phi) is 6.39. The summed E-state index contributed by atoms with van der Waals surface area (Å²) in [6, 6.07) is 14.4. The van der Waals surface area contributed by atoms with Crippen LogP contribution in [-0.2, 0) is 12.1 Å². The van der Waals surface area contributed by atoms with E-state index in [1.165, 1.54) is 49.4 Å². The minimum atomic E-state index is -0.634. The van der Waals surface area contributed by atoms with Crippen LogP contribution in [0.4, 0.5) is 14.5 Å². The second-order valence-electron chi connectivity index (χ2n) is 12.1. The Hall–Kier alpha value is -2.91. The first-order chi connectivity index (χ1) is 19.0. The van der Waals surface area contributed by atoms with Crippen molar-refractivity contribution in [3.8, 4) is 0 Å². The van der Waals surface area contributed by atoms with Gasteiger partial charge in [-0.3, -0.25) is 4.90 Å². The molecule has 8 rings (SSSR count). The summed E-state index contributed by atoms with van der Waals surface area (Å²) in [6.07, 6.45) is 8.52. The molecule has 4 bridgehead atoms. The van der Waals surface area contributed by atoms with E-state index in [1.54, 1.807) is 4.68 Å². The summed E-state index contributed by atoms with van der Waals surface area (Å²) in [6.45, 7) is 4.26. The van der Waals surface area contributed by atoms with Crippen LogP contribution in [0.2, 0.25) is 0 Å². The molecule has 0 amide bonds. The lowest BCUT2D eigenvalue weighted by Crippen LogP contribution is -2.49. The van der Waals surface area contributed by atoms with E-state index in [-0.39, 0.29) is 11.0 Å². The highest BCUT2D eigenvalue weighted by molar-refractivity contribution is 7.71. The van der Waals surface area contributed by atoms with Crippen molar-refractivity contribution in [2.24, 2.45) is 22.9 Å². The Morgan fingerprint density at radius 3 is 2.10 bits per heavy atom. The number of piperazine rings is 1. The van der Waals surface area contributed by atoms with Crippen molar-refractivity contribution >= 4 is 24.1 Å². The normalized spacial score (nSPS) is 28.6. The molecule has 0 radical (unpaired) electrons. The van der Waals surface area contributed by atoms with E-state index in [0.717, 1.165) is 69.0 Å². The first-order valence-electron chi connectivity index (χ1n) is 14.2. The maximum absolute atomic E-state index is 14.4. The quantitative estimate of drug-likeness (QED) is 0.288. The average Bonchev–Trinajstić information content (AvgIpc) is 3.24. The summed E-state index contributed by atoms with van der Waals surface area (Å²) in [4.78, 5) is 4.78. The standard InChI is InChI=1S/C30H34F2N6S/c31-26-7-4-8-27(32)25(26)19-33-38-28(30-16-21-13-22(17-30)15-23(14-21)18-30)34-37(29(38)39)20-35-9-11-36(12-10-35)24-5-2-1-3-6-24/h1-8,19,21-23H,9-18,20H2/b33-19+. The third-order valence-electron chi connectivity index (χ3n) is 9.46. The SMILES string of the molecule is Fc1cccc(F)c1/C=N/n1c(C23CC4CC(CC(C4)C2)C3)nn(CN2CCN(c3ccccc3)CC2)c1=S. The summed E-state index contributed by atoms with van der Waals surface area (Å²) >= 11 is 5.94. The van der Waals surface area contributed by atoms with Crippen LogP contribution in [0.1, 0.15) is 49.9 Å². The molecule has 0 spiro atoms. The Morgan fingerprint density at radius 2 is 1.49 bits per heavy atom. The lowest BCUT2D eigenvalue weighted by molar-refractivity contribution is -0.0112. The fraction of sp³-hybridized carbons (Fsp3) is 0.500. The van der Waals surface area contributed by atoms with Gasteiger partial charge in [0.1, 0.15) is 11.6 Å². The van der Waals surface area contributed by atoms with Crippen LogP contribution in [-0.4, -0.2) is 51.8 Å². The molecule has 0 atom stereocenters. The zero-order chi connectivity index (χ0) is 26.6. The molecule has 2 aromatic carbocycles. The van der Waals surface area contributed by atoms with Gasteiger partial charge in [0.15, 0.2) is 5.82 Å². The molecule has 1 saturated heterocycles. The molecule has 1 aliphatic heterocycles. The molecular weight excluding hydrogens is 514 g/mol. The Labute approximate surface area is 232 Å². The molecule has 3 aromatic rings. The number of aromatic nitrogens is 3. The first kappa shape index (κ1) is 25.1. The van der Waals surface area contributed by atoms with Crippen LogP contribution in [0.25, 0.3) is 0 Å². The molecule has 5 fully saturated rings. The number of anilines is 1.